The second-order valence-electron chi connectivity index (χ2n) is 3.23. The van der Waals surface area contributed by atoms with Gasteiger partial charge in [-0.15, -0.1) is 0 Å². The second-order valence-corrected chi connectivity index (χ2v) is 3.23. The van der Waals surface area contributed by atoms with Crippen molar-refractivity contribution < 1.29 is 23.1 Å². The molecule has 6 heteroatoms. The molecule has 0 aliphatic heterocycles. The molecular weight excluding hydrogens is 232 g/mol. The van der Waals surface area contributed by atoms with E-state index < -0.39 is 29.2 Å². The average Bonchev–Trinajstić information content (AvgIpc) is 2.29. The summed E-state index contributed by atoms with van der Waals surface area (Å²) in [7, 11) is 0. The first-order valence-corrected chi connectivity index (χ1v) is 4.90. The standard InChI is InChI=1S/C11H11F2NO3/c1-3-17-11(16)10(15)14-9-7(12)5-4-6(2)8(9)13/h4-5H,3H2,1-2H3,(H,14,15). The normalized spacial score (nSPS) is 9.88. The predicted molar refractivity (Wildman–Crippen MR) is 56.4 cm³/mol. The van der Waals surface area contributed by atoms with E-state index in [4.69, 9.17) is 0 Å². The van der Waals surface area contributed by atoms with Crippen LogP contribution in [0, 0.1) is 18.6 Å². The van der Waals surface area contributed by atoms with E-state index in [0.717, 1.165) is 6.07 Å². The molecule has 0 radical (unpaired) electrons. The zero-order chi connectivity index (χ0) is 13.0. The SMILES string of the molecule is CCOC(=O)C(=O)Nc1c(F)ccc(C)c1F. The van der Waals surface area contributed by atoms with Crippen LogP contribution in [0.3, 0.4) is 0 Å². The molecule has 17 heavy (non-hydrogen) atoms. The van der Waals surface area contributed by atoms with Crippen molar-refractivity contribution in [1.82, 2.24) is 0 Å². The third-order valence-corrected chi connectivity index (χ3v) is 1.98. The maximum absolute atomic E-state index is 13.5. The minimum absolute atomic E-state index is 0.00500. The van der Waals surface area contributed by atoms with Gasteiger partial charge in [-0.05, 0) is 25.5 Å². The number of hydrogen-bond donors (Lipinski definition) is 1. The van der Waals surface area contributed by atoms with Gasteiger partial charge in [0.05, 0.1) is 6.61 Å². The van der Waals surface area contributed by atoms with Crippen LogP contribution >= 0.6 is 0 Å². The first-order valence-electron chi connectivity index (χ1n) is 4.90. The highest BCUT2D eigenvalue weighted by molar-refractivity contribution is 6.37. The lowest BCUT2D eigenvalue weighted by Gasteiger charge is -2.08. The Labute approximate surface area is 96.6 Å². The third-order valence-electron chi connectivity index (χ3n) is 1.98. The summed E-state index contributed by atoms with van der Waals surface area (Å²) in [5, 5.41) is 1.84. The number of halogens is 2. The molecule has 0 aromatic heterocycles. The summed E-state index contributed by atoms with van der Waals surface area (Å²) in [6.45, 7) is 2.93. The molecule has 0 atom stereocenters. The summed E-state index contributed by atoms with van der Waals surface area (Å²) < 4.78 is 31.1. The highest BCUT2D eigenvalue weighted by Crippen LogP contribution is 2.21. The topological polar surface area (TPSA) is 55.4 Å². The smallest absolute Gasteiger partial charge is 0.397 e. The molecule has 0 saturated heterocycles. The number of nitrogens with one attached hydrogen (secondary N) is 1. The maximum atomic E-state index is 13.5. The summed E-state index contributed by atoms with van der Waals surface area (Å²) in [5.41, 5.74) is -0.492. The molecule has 1 aromatic rings. The number of carbonyl (C=O) groups is 2. The van der Waals surface area contributed by atoms with E-state index in [9.17, 15) is 18.4 Å². The zero-order valence-corrected chi connectivity index (χ0v) is 9.34. The minimum Gasteiger partial charge on any atom is -0.459 e. The van der Waals surface area contributed by atoms with Gasteiger partial charge >= 0.3 is 11.9 Å². The van der Waals surface area contributed by atoms with E-state index in [1.807, 2.05) is 5.32 Å². The van der Waals surface area contributed by atoms with Crippen LogP contribution in [0.4, 0.5) is 14.5 Å². The van der Waals surface area contributed by atoms with Crippen molar-refractivity contribution in [3.8, 4) is 0 Å². The van der Waals surface area contributed by atoms with E-state index in [-0.39, 0.29) is 12.2 Å². The molecule has 0 spiro atoms. The lowest BCUT2D eigenvalue weighted by Crippen LogP contribution is -2.26. The zero-order valence-electron chi connectivity index (χ0n) is 9.34. The van der Waals surface area contributed by atoms with Crippen molar-refractivity contribution in [2.24, 2.45) is 0 Å². The maximum Gasteiger partial charge on any atom is 0.397 e. The summed E-state index contributed by atoms with van der Waals surface area (Å²) in [6, 6.07) is 2.23. The second kappa shape index (κ2) is 5.38. The fourth-order valence-corrected chi connectivity index (χ4v) is 1.13. The van der Waals surface area contributed by atoms with Crippen LogP contribution in [0.1, 0.15) is 12.5 Å². The van der Waals surface area contributed by atoms with Crippen molar-refractivity contribution in [2.75, 3.05) is 11.9 Å². The Kier molecular flexibility index (Phi) is 4.14. The number of benzene rings is 1. The Morgan fingerprint density at radius 1 is 1.35 bits per heavy atom. The lowest BCUT2D eigenvalue weighted by atomic mass is 10.2. The molecule has 1 aromatic carbocycles. The molecule has 0 fully saturated rings. The number of carbonyl (C=O) groups excluding carboxylic acids is 2. The van der Waals surface area contributed by atoms with Gasteiger partial charge in [0.2, 0.25) is 0 Å². The molecular formula is C11H11F2NO3. The summed E-state index contributed by atoms with van der Waals surface area (Å²) in [6.07, 6.45) is 0. The number of hydrogen-bond acceptors (Lipinski definition) is 3. The van der Waals surface area contributed by atoms with Gasteiger partial charge in [-0.1, -0.05) is 6.07 Å². The highest BCUT2D eigenvalue weighted by atomic mass is 19.1. The molecule has 0 unspecified atom stereocenters. The van der Waals surface area contributed by atoms with Crippen molar-refractivity contribution in [1.29, 1.82) is 0 Å². The number of amides is 1. The van der Waals surface area contributed by atoms with E-state index in [0.29, 0.717) is 0 Å². The van der Waals surface area contributed by atoms with Crippen molar-refractivity contribution in [2.45, 2.75) is 13.8 Å². The molecule has 92 valence electrons. The lowest BCUT2D eigenvalue weighted by molar-refractivity contribution is -0.152. The Morgan fingerprint density at radius 3 is 2.59 bits per heavy atom. The van der Waals surface area contributed by atoms with Crippen LogP contribution in [-0.2, 0) is 14.3 Å². The number of aryl methyl sites for hydroxylation is 1. The van der Waals surface area contributed by atoms with Crippen LogP contribution in [0.25, 0.3) is 0 Å². The van der Waals surface area contributed by atoms with Crippen molar-refractivity contribution in [3.05, 3.63) is 29.3 Å². The summed E-state index contributed by atoms with van der Waals surface area (Å²) in [5.74, 6) is -4.27. The first-order chi connectivity index (χ1) is 7.97. The predicted octanol–water partition coefficient (Wildman–Crippen LogP) is 1.77. The van der Waals surface area contributed by atoms with Crippen LogP contribution in [0.5, 0.6) is 0 Å². The first kappa shape index (κ1) is 13.1. The van der Waals surface area contributed by atoms with E-state index >= 15 is 0 Å². The van der Waals surface area contributed by atoms with Crippen LogP contribution < -0.4 is 5.32 Å². The Balaban J connectivity index is 2.92. The molecule has 0 saturated carbocycles. The van der Waals surface area contributed by atoms with Crippen molar-refractivity contribution >= 4 is 17.6 Å². The number of rotatable bonds is 2. The number of anilines is 1. The molecule has 0 heterocycles. The third kappa shape index (κ3) is 2.99. The Hall–Kier alpha value is -1.98. The minimum atomic E-state index is -1.21. The van der Waals surface area contributed by atoms with Crippen molar-refractivity contribution in [3.63, 3.8) is 0 Å². The quantitative estimate of drug-likeness (QED) is 0.636. The molecule has 0 bridgehead atoms. The van der Waals surface area contributed by atoms with Gasteiger partial charge in [0.25, 0.3) is 0 Å². The highest BCUT2D eigenvalue weighted by Gasteiger charge is 2.20. The summed E-state index contributed by atoms with van der Waals surface area (Å²) in [4.78, 5) is 22.2. The van der Waals surface area contributed by atoms with E-state index in [1.165, 1.54) is 19.9 Å². The molecule has 1 amide bonds. The van der Waals surface area contributed by atoms with Gasteiger partial charge in [-0.3, -0.25) is 4.79 Å². The summed E-state index contributed by atoms with van der Waals surface area (Å²) >= 11 is 0. The molecule has 1 N–H and O–H groups in total. The van der Waals surface area contributed by atoms with Gasteiger partial charge < -0.3 is 10.1 Å². The van der Waals surface area contributed by atoms with E-state index in [2.05, 4.69) is 4.74 Å². The fraction of sp³-hybridized carbons (Fsp3) is 0.273. The Morgan fingerprint density at radius 2 is 2.00 bits per heavy atom. The van der Waals surface area contributed by atoms with Crippen LogP contribution in [-0.4, -0.2) is 18.5 Å². The average molecular weight is 243 g/mol. The fourth-order valence-electron chi connectivity index (χ4n) is 1.13. The van der Waals surface area contributed by atoms with Gasteiger partial charge in [-0.25, -0.2) is 13.6 Å². The van der Waals surface area contributed by atoms with Crippen LogP contribution in [0.15, 0.2) is 12.1 Å². The van der Waals surface area contributed by atoms with Gasteiger partial charge in [-0.2, -0.15) is 0 Å². The molecule has 4 nitrogen and oxygen atoms in total. The van der Waals surface area contributed by atoms with Gasteiger partial charge in [0.1, 0.15) is 11.5 Å². The van der Waals surface area contributed by atoms with E-state index in [1.54, 1.807) is 0 Å². The number of ether oxygens (including phenoxy) is 1. The molecule has 0 aliphatic carbocycles. The Bertz CT molecular complexity index is 460. The number of esters is 1. The molecule has 1 rings (SSSR count). The van der Waals surface area contributed by atoms with Gasteiger partial charge in [0, 0.05) is 0 Å². The largest absolute Gasteiger partial charge is 0.459 e. The van der Waals surface area contributed by atoms with Gasteiger partial charge in [0.15, 0.2) is 5.82 Å². The van der Waals surface area contributed by atoms with Crippen LogP contribution in [0.2, 0.25) is 0 Å². The monoisotopic (exact) mass is 243 g/mol. The molecule has 0 aliphatic rings.